The molecular weight excluding hydrogens is 196 g/mol. The van der Waals surface area contributed by atoms with Crippen molar-refractivity contribution in [1.29, 1.82) is 0 Å². The Bertz CT molecular complexity index is 302. The zero-order valence-corrected chi connectivity index (χ0v) is 10.9. The maximum atomic E-state index is 6.38. The summed E-state index contributed by atoms with van der Waals surface area (Å²) >= 11 is 0. The van der Waals surface area contributed by atoms with Crippen LogP contribution in [-0.4, -0.2) is 23.5 Å². The lowest BCUT2D eigenvalue weighted by Crippen LogP contribution is -2.51. The molecule has 16 heavy (non-hydrogen) atoms. The van der Waals surface area contributed by atoms with E-state index in [1.54, 1.807) is 0 Å². The van der Waals surface area contributed by atoms with E-state index >= 15 is 0 Å². The van der Waals surface area contributed by atoms with Gasteiger partial charge in [-0.25, -0.2) is 0 Å². The molecule has 1 aromatic carbocycles. The van der Waals surface area contributed by atoms with Crippen molar-refractivity contribution < 1.29 is 0 Å². The standard InChI is InChI=1S/C14H24N2/c1-5-16(6-2)14(3,4)13(15)12-10-8-7-9-11-12/h7-11,13H,5-6,15H2,1-4H3. The summed E-state index contributed by atoms with van der Waals surface area (Å²) in [5, 5.41) is 0. The third-order valence-electron chi connectivity index (χ3n) is 3.50. The second kappa shape index (κ2) is 5.46. The van der Waals surface area contributed by atoms with Crippen molar-refractivity contribution in [3.63, 3.8) is 0 Å². The SMILES string of the molecule is CCN(CC)C(C)(C)C(N)c1ccccc1. The van der Waals surface area contributed by atoms with Crippen LogP contribution in [0.4, 0.5) is 0 Å². The van der Waals surface area contributed by atoms with Crippen molar-refractivity contribution in [3.8, 4) is 0 Å². The molecule has 0 saturated carbocycles. The number of nitrogens with zero attached hydrogens (tertiary/aromatic N) is 1. The summed E-state index contributed by atoms with van der Waals surface area (Å²) in [6.07, 6.45) is 0. The minimum absolute atomic E-state index is 0.00907. The number of rotatable bonds is 5. The summed E-state index contributed by atoms with van der Waals surface area (Å²) in [5.74, 6) is 0. The third-order valence-corrected chi connectivity index (χ3v) is 3.50. The molecule has 0 saturated heterocycles. The Kier molecular flexibility index (Phi) is 4.51. The molecule has 0 amide bonds. The molecule has 0 fully saturated rings. The largest absolute Gasteiger partial charge is 0.322 e. The quantitative estimate of drug-likeness (QED) is 0.826. The number of benzene rings is 1. The topological polar surface area (TPSA) is 29.3 Å². The Morgan fingerprint density at radius 1 is 1.12 bits per heavy atom. The molecule has 2 heteroatoms. The highest BCUT2D eigenvalue weighted by molar-refractivity contribution is 5.22. The van der Waals surface area contributed by atoms with Gasteiger partial charge in [0, 0.05) is 11.6 Å². The van der Waals surface area contributed by atoms with Gasteiger partial charge in [-0.2, -0.15) is 0 Å². The first-order chi connectivity index (χ1) is 7.54. The molecule has 0 radical (unpaired) electrons. The molecule has 1 aromatic rings. The minimum Gasteiger partial charge on any atom is -0.322 e. The lowest BCUT2D eigenvalue weighted by atomic mass is 9.87. The Balaban J connectivity index is 2.91. The molecule has 90 valence electrons. The molecule has 0 aliphatic carbocycles. The van der Waals surface area contributed by atoms with Gasteiger partial charge >= 0.3 is 0 Å². The van der Waals surface area contributed by atoms with Gasteiger partial charge in [0.25, 0.3) is 0 Å². The number of hydrogen-bond donors (Lipinski definition) is 1. The molecule has 0 aliphatic heterocycles. The third kappa shape index (κ3) is 2.63. The summed E-state index contributed by atoms with van der Waals surface area (Å²) in [5.41, 5.74) is 7.58. The Hall–Kier alpha value is -0.860. The Morgan fingerprint density at radius 2 is 1.62 bits per heavy atom. The van der Waals surface area contributed by atoms with Crippen molar-refractivity contribution in [1.82, 2.24) is 4.90 Å². The first-order valence-corrected chi connectivity index (χ1v) is 6.09. The van der Waals surface area contributed by atoms with Crippen LogP contribution in [0.15, 0.2) is 30.3 Å². The van der Waals surface area contributed by atoms with Crippen LogP contribution in [0.5, 0.6) is 0 Å². The monoisotopic (exact) mass is 220 g/mol. The maximum absolute atomic E-state index is 6.38. The van der Waals surface area contributed by atoms with Gasteiger partial charge in [0.2, 0.25) is 0 Å². The second-order valence-corrected chi connectivity index (χ2v) is 4.71. The van der Waals surface area contributed by atoms with Gasteiger partial charge in [0.15, 0.2) is 0 Å². The Morgan fingerprint density at radius 3 is 2.06 bits per heavy atom. The maximum Gasteiger partial charge on any atom is 0.0476 e. The van der Waals surface area contributed by atoms with E-state index in [-0.39, 0.29) is 11.6 Å². The van der Waals surface area contributed by atoms with Crippen molar-refractivity contribution >= 4 is 0 Å². The van der Waals surface area contributed by atoms with Crippen LogP contribution in [0.1, 0.15) is 39.3 Å². The minimum atomic E-state index is -0.00907. The molecule has 1 rings (SSSR count). The summed E-state index contributed by atoms with van der Waals surface area (Å²) < 4.78 is 0. The Labute approximate surface area is 99.5 Å². The summed E-state index contributed by atoms with van der Waals surface area (Å²) in [6, 6.07) is 10.4. The molecule has 0 spiro atoms. The van der Waals surface area contributed by atoms with Crippen LogP contribution < -0.4 is 5.73 Å². The average molecular weight is 220 g/mol. The fraction of sp³-hybridized carbons (Fsp3) is 0.571. The molecule has 2 nitrogen and oxygen atoms in total. The molecule has 0 heterocycles. The zero-order valence-electron chi connectivity index (χ0n) is 10.9. The molecule has 0 bridgehead atoms. The van der Waals surface area contributed by atoms with Crippen LogP contribution in [-0.2, 0) is 0 Å². The van der Waals surface area contributed by atoms with Crippen LogP contribution in [0.25, 0.3) is 0 Å². The fourth-order valence-corrected chi connectivity index (χ4v) is 2.30. The van der Waals surface area contributed by atoms with Gasteiger partial charge in [-0.05, 0) is 32.5 Å². The number of nitrogens with two attached hydrogens (primary N) is 1. The van der Waals surface area contributed by atoms with Crippen LogP contribution in [0.2, 0.25) is 0 Å². The highest BCUT2D eigenvalue weighted by Gasteiger charge is 2.32. The van der Waals surface area contributed by atoms with Gasteiger partial charge < -0.3 is 5.73 Å². The van der Waals surface area contributed by atoms with E-state index in [0.29, 0.717) is 0 Å². The molecular formula is C14H24N2. The molecule has 1 atom stereocenters. The summed E-state index contributed by atoms with van der Waals surface area (Å²) in [7, 11) is 0. The predicted octanol–water partition coefficient (Wildman–Crippen LogP) is 2.81. The van der Waals surface area contributed by atoms with E-state index in [0.717, 1.165) is 13.1 Å². The highest BCUT2D eigenvalue weighted by Crippen LogP contribution is 2.28. The van der Waals surface area contributed by atoms with Gasteiger partial charge in [0.05, 0.1) is 0 Å². The van der Waals surface area contributed by atoms with Crippen molar-refractivity contribution in [2.75, 3.05) is 13.1 Å². The van der Waals surface area contributed by atoms with Gasteiger partial charge in [0.1, 0.15) is 0 Å². The predicted molar refractivity (Wildman–Crippen MR) is 70.4 cm³/mol. The van der Waals surface area contributed by atoms with Gasteiger partial charge in [-0.3, -0.25) is 4.90 Å². The van der Waals surface area contributed by atoms with Crippen molar-refractivity contribution in [3.05, 3.63) is 35.9 Å². The van der Waals surface area contributed by atoms with Gasteiger partial charge in [-0.1, -0.05) is 44.2 Å². The number of hydrogen-bond acceptors (Lipinski definition) is 2. The number of likely N-dealkylation sites (N-methyl/N-ethyl adjacent to an activating group) is 1. The second-order valence-electron chi connectivity index (χ2n) is 4.71. The first-order valence-electron chi connectivity index (χ1n) is 6.09. The van der Waals surface area contributed by atoms with E-state index in [1.807, 2.05) is 18.2 Å². The van der Waals surface area contributed by atoms with E-state index in [4.69, 9.17) is 5.73 Å². The smallest absolute Gasteiger partial charge is 0.0476 e. The lowest BCUT2D eigenvalue weighted by Gasteiger charge is -2.42. The zero-order chi connectivity index (χ0) is 12.2. The first kappa shape index (κ1) is 13.2. The van der Waals surface area contributed by atoms with Crippen LogP contribution in [0.3, 0.4) is 0 Å². The summed E-state index contributed by atoms with van der Waals surface area (Å²) in [4.78, 5) is 2.41. The van der Waals surface area contributed by atoms with E-state index in [9.17, 15) is 0 Å². The van der Waals surface area contributed by atoms with E-state index < -0.39 is 0 Å². The summed E-state index contributed by atoms with van der Waals surface area (Å²) in [6.45, 7) is 10.9. The van der Waals surface area contributed by atoms with Crippen molar-refractivity contribution in [2.24, 2.45) is 5.73 Å². The molecule has 0 aliphatic rings. The average Bonchev–Trinajstić information content (AvgIpc) is 2.30. The normalized spacial score (nSPS) is 14.1. The molecule has 2 N–H and O–H groups in total. The fourth-order valence-electron chi connectivity index (χ4n) is 2.30. The molecule has 0 aromatic heterocycles. The highest BCUT2D eigenvalue weighted by atomic mass is 15.2. The lowest BCUT2D eigenvalue weighted by molar-refractivity contribution is 0.107. The van der Waals surface area contributed by atoms with E-state index in [2.05, 4.69) is 44.7 Å². The van der Waals surface area contributed by atoms with Crippen LogP contribution in [0, 0.1) is 0 Å². The van der Waals surface area contributed by atoms with Crippen LogP contribution >= 0.6 is 0 Å². The molecule has 1 unspecified atom stereocenters. The van der Waals surface area contributed by atoms with E-state index in [1.165, 1.54) is 5.56 Å². The van der Waals surface area contributed by atoms with Gasteiger partial charge in [-0.15, -0.1) is 0 Å². The van der Waals surface area contributed by atoms with Crippen molar-refractivity contribution in [2.45, 2.75) is 39.3 Å².